The van der Waals surface area contributed by atoms with Crippen LogP contribution < -0.4 is 20.5 Å². The summed E-state index contributed by atoms with van der Waals surface area (Å²) in [5.41, 5.74) is 12.7. The molecule has 2 aromatic rings. The summed E-state index contributed by atoms with van der Waals surface area (Å²) in [4.78, 5) is 12.6. The standard InChI is InChI=1S/C26H36ClN5O/c1-14(2)17-8-6-15(3)21(12-17)32-11-10-19-18(13-32)26(33-5)29-25(28-19)22-16(4)7-9-20-23(22)24(27)31-30-20/h6,8,12,14,16,20,22-24,30-31H,7,9-11,13H2,1-5H3. The molecule has 5 atom stereocenters. The zero-order valence-corrected chi connectivity index (χ0v) is 21.1. The van der Waals surface area contributed by atoms with Crippen molar-refractivity contribution < 1.29 is 4.74 Å². The van der Waals surface area contributed by atoms with Gasteiger partial charge in [0.2, 0.25) is 5.88 Å². The van der Waals surface area contributed by atoms with Gasteiger partial charge in [0.15, 0.2) is 0 Å². The van der Waals surface area contributed by atoms with Crippen LogP contribution in [0.2, 0.25) is 0 Å². The molecular weight excluding hydrogens is 434 g/mol. The van der Waals surface area contributed by atoms with Crippen LogP contribution in [0.15, 0.2) is 18.2 Å². The third-order valence-electron chi connectivity index (χ3n) is 7.94. The Hall–Kier alpha value is -1.89. The molecule has 1 aromatic heterocycles. The summed E-state index contributed by atoms with van der Waals surface area (Å²) >= 11 is 6.68. The van der Waals surface area contributed by atoms with E-state index in [0.29, 0.717) is 17.9 Å². The number of nitrogens with one attached hydrogen (secondary N) is 2. The average Bonchev–Trinajstić information content (AvgIpc) is 3.18. The summed E-state index contributed by atoms with van der Waals surface area (Å²) in [6.07, 6.45) is 3.17. The molecule has 0 spiro atoms. The number of hydrogen-bond acceptors (Lipinski definition) is 6. The van der Waals surface area contributed by atoms with Crippen LogP contribution >= 0.6 is 11.6 Å². The highest BCUT2D eigenvalue weighted by Gasteiger charge is 2.47. The molecule has 2 fully saturated rings. The summed E-state index contributed by atoms with van der Waals surface area (Å²) in [5.74, 6) is 3.11. The summed E-state index contributed by atoms with van der Waals surface area (Å²) in [7, 11) is 1.73. The monoisotopic (exact) mass is 469 g/mol. The summed E-state index contributed by atoms with van der Waals surface area (Å²) < 4.78 is 5.85. The van der Waals surface area contributed by atoms with Gasteiger partial charge in [0.25, 0.3) is 0 Å². The molecule has 5 unspecified atom stereocenters. The largest absolute Gasteiger partial charge is 0.481 e. The maximum absolute atomic E-state index is 6.68. The van der Waals surface area contributed by atoms with E-state index in [1.165, 1.54) is 16.8 Å². The van der Waals surface area contributed by atoms with Gasteiger partial charge < -0.3 is 9.64 Å². The lowest BCUT2D eigenvalue weighted by Crippen LogP contribution is -2.40. The number of benzene rings is 1. The number of aromatic nitrogens is 2. The van der Waals surface area contributed by atoms with Crippen molar-refractivity contribution in [2.24, 2.45) is 11.8 Å². The van der Waals surface area contributed by atoms with Crippen molar-refractivity contribution in [1.29, 1.82) is 0 Å². The molecule has 0 bridgehead atoms. The Morgan fingerprint density at radius 1 is 1.18 bits per heavy atom. The van der Waals surface area contributed by atoms with Crippen molar-refractivity contribution in [3.05, 3.63) is 46.4 Å². The van der Waals surface area contributed by atoms with E-state index >= 15 is 0 Å². The van der Waals surface area contributed by atoms with Crippen LogP contribution in [0.4, 0.5) is 5.69 Å². The molecule has 1 saturated carbocycles. The van der Waals surface area contributed by atoms with Gasteiger partial charge in [-0.3, -0.25) is 5.43 Å². The van der Waals surface area contributed by atoms with Gasteiger partial charge in [0, 0.05) is 36.5 Å². The van der Waals surface area contributed by atoms with Crippen molar-refractivity contribution in [1.82, 2.24) is 20.8 Å². The molecule has 6 nitrogen and oxygen atoms in total. The van der Waals surface area contributed by atoms with Gasteiger partial charge in [-0.25, -0.2) is 10.4 Å². The van der Waals surface area contributed by atoms with Crippen LogP contribution in [0.25, 0.3) is 0 Å². The average molecular weight is 470 g/mol. The van der Waals surface area contributed by atoms with Gasteiger partial charge in [-0.15, -0.1) is 11.6 Å². The highest BCUT2D eigenvalue weighted by molar-refractivity contribution is 6.20. The first-order chi connectivity index (χ1) is 15.9. The first-order valence-electron chi connectivity index (χ1n) is 12.3. The topological polar surface area (TPSA) is 62.3 Å². The highest BCUT2D eigenvalue weighted by atomic mass is 35.5. The molecular formula is C26H36ClN5O. The van der Waals surface area contributed by atoms with Crippen LogP contribution in [-0.4, -0.2) is 35.2 Å². The second-order valence-electron chi connectivity index (χ2n) is 10.3. The lowest BCUT2D eigenvalue weighted by molar-refractivity contribution is 0.206. The van der Waals surface area contributed by atoms with Crippen LogP contribution in [0, 0.1) is 18.8 Å². The molecule has 1 saturated heterocycles. The summed E-state index contributed by atoms with van der Waals surface area (Å²) in [5, 5.41) is 0. The Morgan fingerprint density at radius 2 is 2.00 bits per heavy atom. The Morgan fingerprint density at radius 3 is 2.76 bits per heavy atom. The minimum absolute atomic E-state index is 0.111. The molecule has 3 aliphatic rings. The van der Waals surface area contributed by atoms with Crippen LogP contribution in [0.5, 0.6) is 5.88 Å². The molecule has 5 rings (SSSR count). The number of alkyl halides is 1. The van der Waals surface area contributed by atoms with Gasteiger partial charge in [-0.05, 0) is 48.8 Å². The van der Waals surface area contributed by atoms with E-state index in [4.69, 9.17) is 26.3 Å². The number of nitrogens with zero attached hydrogens (tertiary/aromatic N) is 3. The van der Waals surface area contributed by atoms with Crippen molar-refractivity contribution in [2.45, 2.75) is 76.9 Å². The normalized spacial score (nSPS) is 29.2. The number of aryl methyl sites for hydroxylation is 1. The lowest BCUT2D eigenvalue weighted by atomic mass is 9.70. The molecule has 1 aromatic carbocycles. The Bertz CT molecular complexity index is 1010. The fraction of sp³-hybridized carbons (Fsp3) is 0.615. The van der Waals surface area contributed by atoms with E-state index in [-0.39, 0.29) is 17.3 Å². The maximum Gasteiger partial charge on any atom is 0.221 e. The SMILES string of the molecule is COc1nc(C2C(C)CCC3NNC(Cl)C32)nc2c1CN(c1cc(C(C)C)ccc1C)CC2. The second-order valence-corrected chi connectivity index (χ2v) is 10.8. The third-order valence-corrected chi connectivity index (χ3v) is 8.34. The minimum Gasteiger partial charge on any atom is -0.481 e. The molecule has 2 N–H and O–H groups in total. The van der Waals surface area contributed by atoms with Crippen molar-refractivity contribution >= 4 is 17.3 Å². The van der Waals surface area contributed by atoms with E-state index in [1.807, 2.05) is 0 Å². The predicted molar refractivity (Wildman–Crippen MR) is 133 cm³/mol. The molecule has 2 aliphatic heterocycles. The van der Waals surface area contributed by atoms with E-state index in [1.54, 1.807) is 7.11 Å². The third kappa shape index (κ3) is 4.11. The van der Waals surface area contributed by atoms with Gasteiger partial charge in [0.1, 0.15) is 11.3 Å². The van der Waals surface area contributed by atoms with Crippen molar-refractivity contribution in [3.63, 3.8) is 0 Å². The van der Waals surface area contributed by atoms with Crippen LogP contribution in [-0.2, 0) is 13.0 Å². The van der Waals surface area contributed by atoms with Gasteiger partial charge >= 0.3 is 0 Å². The fourth-order valence-electron chi connectivity index (χ4n) is 5.96. The number of anilines is 1. The number of halogens is 1. The van der Waals surface area contributed by atoms with E-state index in [2.05, 4.69) is 61.6 Å². The van der Waals surface area contributed by atoms with Gasteiger partial charge in [-0.1, -0.05) is 32.9 Å². The zero-order valence-electron chi connectivity index (χ0n) is 20.4. The number of methoxy groups -OCH3 is 1. The number of ether oxygens (including phenoxy) is 1. The van der Waals surface area contributed by atoms with Gasteiger partial charge in [0.05, 0.1) is 24.9 Å². The predicted octanol–water partition coefficient (Wildman–Crippen LogP) is 4.65. The smallest absolute Gasteiger partial charge is 0.221 e. The van der Waals surface area contributed by atoms with Crippen molar-refractivity contribution in [3.8, 4) is 5.88 Å². The summed E-state index contributed by atoms with van der Waals surface area (Å²) in [6.45, 7) is 10.7. The summed E-state index contributed by atoms with van der Waals surface area (Å²) in [6, 6.07) is 7.19. The fourth-order valence-corrected chi connectivity index (χ4v) is 6.36. The van der Waals surface area contributed by atoms with Crippen LogP contribution in [0.1, 0.15) is 73.7 Å². The van der Waals surface area contributed by atoms with E-state index < -0.39 is 0 Å². The first kappa shape index (κ1) is 22.9. The Kier molecular flexibility index (Phi) is 6.27. The minimum atomic E-state index is -0.111. The molecule has 7 heteroatoms. The zero-order chi connectivity index (χ0) is 23.3. The molecule has 1 aliphatic carbocycles. The number of rotatable bonds is 4. The van der Waals surface area contributed by atoms with Gasteiger partial charge in [-0.2, -0.15) is 4.98 Å². The first-order valence-corrected chi connectivity index (χ1v) is 12.7. The second kappa shape index (κ2) is 9.05. The molecule has 0 radical (unpaired) electrons. The quantitative estimate of drug-likeness (QED) is 0.502. The van der Waals surface area contributed by atoms with Crippen molar-refractivity contribution in [2.75, 3.05) is 18.6 Å². The number of hydrogen-bond donors (Lipinski definition) is 2. The lowest BCUT2D eigenvalue weighted by Gasteiger charge is -2.38. The maximum atomic E-state index is 6.68. The number of fused-ring (bicyclic) bond motifs is 2. The highest BCUT2D eigenvalue weighted by Crippen LogP contribution is 2.46. The molecule has 0 amide bonds. The molecule has 33 heavy (non-hydrogen) atoms. The molecule has 178 valence electrons. The number of hydrazine groups is 1. The Balaban J connectivity index is 1.48. The molecule has 3 heterocycles. The van der Waals surface area contributed by atoms with Crippen LogP contribution in [0.3, 0.4) is 0 Å². The Labute approximate surface area is 202 Å². The van der Waals surface area contributed by atoms with E-state index in [0.717, 1.165) is 55.3 Å². The van der Waals surface area contributed by atoms with E-state index in [9.17, 15) is 0 Å².